The highest BCUT2D eigenvalue weighted by Crippen LogP contribution is 2.32. The van der Waals surface area contributed by atoms with Crippen LogP contribution in [0.15, 0.2) is 34.8 Å². The minimum atomic E-state index is 0.0294. The van der Waals surface area contributed by atoms with Crippen molar-refractivity contribution >= 4 is 56.4 Å². The number of phenolic OH excluding ortho intramolecular Hbond substituents is 1. The number of anilines is 1. The summed E-state index contributed by atoms with van der Waals surface area (Å²) in [6, 6.07) is 8.66. The number of nitrogens with one attached hydrogen (secondary N) is 1. The van der Waals surface area contributed by atoms with Crippen LogP contribution >= 0.6 is 50.7 Å². The number of benzene rings is 2. The second-order valence-electron chi connectivity index (χ2n) is 3.88. The monoisotopic (exact) mass is 379 g/mol. The highest BCUT2D eigenvalue weighted by molar-refractivity contribution is 9.10. The highest BCUT2D eigenvalue weighted by atomic mass is 79.9. The molecule has 2 nitrogen and oxygen atoms in total. The average Bonchev–Trinajstić information content (AvgIpc) is 2.36. The molecule has 0 spiro atoms. The molecular formula is C13H9BrCl3NO. The molecule has 0 saturated heterocycles. The number of hydrogen-bond acceptors (Lipinski definition) is 2. The Morgan fingerprint density at radius 1 is 1.05 bits per heavy atom. The van der Waals surface area contributed by atoms with E-state index in [0.29, 0.717) is 22.2 Å². The van der Waals surface area contributed by atoms with Gasteiger partial charge in [0.1, 0.15) is 5.75 Å². The molecular weight excluding hydrogens is 372 g/mol. The number of aromatic hydroxyl groups is 1. The molecule has 2 rings (SSSR count). The standard InChI is InChI=1S/C13H9BrCl3NO/c14-10-2-1-9(5-11(10)16)18-6-7-3-8(15)4-12(17)13(7)19/h1-5,18-19H,6H2. The van der Waals surface area contributed by atoms with E-state index < -0.39 is 0 Å². The van der Waals surface area contributed by atoms with E-state index in [1.807, 2.05) is 12.1 Å². The van der Waals surface area contributed by atoms with Crippen molar-refractivity contribution in [2.24, 2.45) is 0 Å². The number of rotatable bonds is 3. The maximum absolute atomic E-state index is 9.83. The minimum Gasteiger partial charge on any atom is -0.506 e. The van der Waals surface area contributed by atoms with Crippen LogP contribution in [0.1, 0.15) is 5.56 Å². The zero-order valence-electron chi connectivity index (χ0n) is 9.55. The van der Waals surface area contributed by atoms with E-state index in [1.165, 1.54) is 6.07 Å². The van der Waals surface area contributed by atoms with E-state index in [1.54, 1.807) is 12.1 Å². The van der Waals surface area contributed by atoms with Gasteiger partial charge in [0.15, 0.2) is 0 Å². The first-order valence-corrected chi connectivity index (χ1v) is 7.26. The Morgan fingerprint density at radius 3 is 2.47 bits per heavy atom. The normalized spacial score (nSPS) is 10.5. The van der Waals surface area contributed by atoms with Gasteiger partial charge in [0.2, 0.25) is 0 Å². The Kier molecular flexibility index (Phi) is 4.85. The molecule has 0 saturated carbocycles. The van der Waals surface area contributed by atoms with Crippen LogP contribution in [0.2, 0.25) is 15.1 Å². The maximum atomic E-state index is 9.83. The summed E-state index contributed by atoms with van der Waals surface area (Å²) in [7, 11) is 0. The fourth-order valence-electron chi connectivity index (χ4n) is 1.56. The van der Waals surface area contributed by atoms with Crippen molar-refractivity contribution in [3.63, 3.8) is 0 Å². The second-order valence-corrected chi connectivity index (χ2v) is 5.98. The van der Waals surface area contributed by atoms with Crippen LogP contribution in [0.25, 0.3) is 0 Å². The molecule has 2 N–H and O–H groups in total. The molecule has 0 aliphatic heterocycles. The molecule has 100 valence electrons. The van der Waals surface area contributed by atoms with Crippen LogP contribution in [0.3, 0.4) is 0 Å². The Hall–Kier alpha value is -0.610. The third kappa shape index (κ3) is 3.69. The van der Waals surface area contributed by atoms with E-state index in [-0.39, 0.29) is 10.8 Å². The fraction of sp³-hybridized carbons (Fsp3) is 0.0769. The molecule has 0 aliphatic carbocycles. The molecule has 0 atom stereocenters. The van der Waals surface area contributed by atoms with Gasteiger partial charge in [0, 0.05) is 27.3 Å². The molecule has 0 bridgehead atoms. The van der Waals surface area contributed by atoms with Crippen LogP contribution in [0.4, 0.5) is 5.69 Å². The van der Waals surface area contributed by atoms with Crippen LogP contribution < -0.4 is 5.32 Å². The van der Waals surface area contributed by atoms with Gasteiger partial charge < -0.3 is 10.4 Å². The first-order valence-electron chi connectivity index (χ1n) is 5.33. The molecule has 2 aromatic rings. The van der Waals surface area contributed by atoms with Crippen molar-refractivity contribution in [2.45, 2.75) is 6.54 Å². The maximum Gasteiger partial charge on any atom is 0.139 e. The molecule has 2 aromatic carbocycles. The summed E-state index contributed by atoms with van der Waals surface area (Å²) in [4.78, 5) is 0. The average molecular weight is 381 g/mol. The SMILES string of the molecule is Oc1c(Cl)cc(Cl)cc1CNc1ccc(Br)c(Cl)c1. The summed E-state index contributed by atoms with van der Waals surface area (Å²) >= 11 is 21.1. The summed E-state index contributed by atoms with van der Waals surface area (Å²) in [6.45, 7) is 0.393. The third-order valence-electron chi connectivity index (χ3n) is 2.51. The van der Waals surface area contributed by atoms with E-state index >= 15 is 0 Å². The number of phenols is 1. The van der Waals surface area contributed by atoms with Crippen LogP contribution in [0, 0.1) is 0 Å². The van der Waals surface area contributed by atoms with Gasteiger partial charge in [-0.25, -0.2) is 0 Å². The molecule has 0 aromatic heterocycles. The first kappa shape index (κ1) is 14.8. The fourth-order valence-corrected chi connectivity index (χ4v) is 2.52. The van der Waals surface area contributed by atoms with E-state index in [4.69, 9.17) is 34.8 Å². The molecule has 0 radical (unpaired) electrons. The van der Waals surface area contributed by atoms with Crippen LogP contribution in [-0.2, 0) is 6.54 Å². The lowest BCUT2D eigenvalue weighted by Gasteiger charge is -2.10. The molecule has 19 heavy (non-hydrogen) atoms. The topological polar surface area (TPSA) is 32.3 Å². The lowest BCUT2D eigenvalue weighted by atomic mass is 10.2. The molecule has 6 heteroatoms. The van der Waals surface area contributed by atoms with Gasteiger partial charge >= 0.3 is 0 Å². The lowest BCUT2D eigenvalue weighted by molar-refractivity contribution is 0.469. The highest BCUT2D eigenvalue weighted by Gasteiger charge is 2.08. The molecule has 0 amide bonds. The summed E-state index contributed by atoms with van der Waals surface area (Å²) in [5.74, 6) is 0.0294. The summed E-state index contributed by atoms with van der Waals surface area (Å²) < 4.78 is 0.827. The predicted molar refractivity (Wildman–Crippen MR) is 84.6 cm³/mol. The second kappa shape index (κ2) is 6.23. The van der Waals surface area contributed by atoms with Crippen molar-refractivity contribution < 1.29 is 5.11 Å². The molecule has 0 heterocycles. The van der Waals surface area contributed by atoms with Crippen molar-refractivity contribution in [3.05, 3.63) is 55.4 Å². The summed E-state index contributed by atoms with van der Waals surface area (Å²) in [5.41, 5.74) is 1.46. The third-order valence-corrected chi connectivity index (χ3v) is 4.25. The Bertz CT molecular complexity index is 619. The van der Waals surface area contributed by atoms with E-state index in [2.05, 4.69) is 21.2 Å². The zero-order chi connectivity index (χ0) is 14.0. The smallest absolute Gasteiger partial charge is 0.139 e. The van der Waals surface area contributed by atoms with Crippen molar-refractivity contribution in [1.29, 1.82) is 0 Å². The first-order chi connectivity index (χ1) is 8.97. The lowest BCUT2D eigenvalue weighted by Crippen LogP contribution is -2.00. The van der Waals surface area contributed by atoms with Gasteiger partial charge in [-0.05, 0) is 46.3 Å². The summed E-state index contributed by atoms with van der Waals surface area (Å²) in [6.07, 6.45) is 0. The van der Waals surface area contributed by atoms with Crippen LogP contribution in [-0.4, -0.2) is 5.11 Å². The van der Waals surface area contributed by atoms with Crippen molar-refractivity contribution in [1.82, 2.24) is 0 Å². The van der Waals surface area contributed by atoms with Crippen LogP contribution in [0.5, 0.6) is 5.75 Å². The van der Waals surface area contributed by atoms with Crippen molar-refractivity contribution in [2.75, 3.05) is 5.32 Å². The van der Waals surface area contributed by atoms with E-state index in [9.17, 15) is 5.11 Å². The predicted octanol–water partition coefficient (Wildman–Crippen LogP) is 5.73. The number of halogens is 4. The summed E-state index contributed by atoms with van der Waals surface area (Å²) in [5, 5.41) is 14.3. The van der Waals surface area contributed by atoms with Gasteiger partial charge in [-0.15, -0.1) is 0 Å². The zero-order valence-corrected chi connectivity index (χ0v) is 13.4. The van der Waals surface area contributed by atoms with Gasteiger partial charge in [-0.3, -0.25) is 0 Å². The van der Waals surface area contributed by atoms with Gasteiger partial charge in [-0.1, -0.05) is 34.8 Å². The van der Waals surface area contributed by atoms with Gasteiger partial charge in [0.05, 0.1) is 10.0 Å². The molecule has 0 aliphatic rings. The molecule has 0 unspecified atom stereocenters. The quantitative estimate of drug-likeness (QED) is 0.712. The minimum absolute atomic E-state index is 0.0294. The van der Waals surface area contributed by atoms with Gasteiger partial charge in [0.25, 0.3) is 0 Å². The largest absolute Gasteiger partial charge is 0.506 e. The van der Waals surface area contributed by atoms with Gasteiger partial charge in [-0.2, -0.15) is 0 Å². The number of hydrogen-bond donors (Lipinski definition) is 2. The van der Waals surface area contributed by atoms with E-state index in [0.717, 1.165) is 10.2 Å². The van der Waals surface area contributed by atoms with Crippen molar-refractivity contribution in [3.8, 4) is 5.75 Å². The molecule has 0 fully saturated rings. The Labute approximate surface area is 134 Å². The Balaban J connectivity index is 2.16. The Morgan fingerprint density at radius 2 is 1.79 bits per heavy atom.